The van der Waals surface area contributed by atoms with E-state index in [0.29, 0.717) is 44.2 Å². The van der Waals surface area contributed by atoms with Crippen molar-refractivity contribution in [3.05, 3.63) is 59.4 Å². The van der Waals surface area contributed by atoms with Crippen molar-refractivity contribution in [3.8, 4) is 5.75 Å². The third-order valence-corrected chi connectivity index (χ3v) is 7.24. The highest BCUT2D eigenvalue weighted by Gasteiger charge is 2.26. The van der Waals surface area contributed by atoms with E-state index >= 15 is 0 Å². The fourth-order valence-electron chi connectivity index (χ4n) is 5.34. The van der Waals surface area contributed by atoms with Gasteiger partial charge in [-0.15, -0.1) is 0 Å². The highest BCUT2D eigenvalue weighted by atomic mass is 16.5. The van der Waals surface area contributed by atoms with Crippen LogP contribution in [-0.2, 0) is 11.2 Å². The third kappa shape index (κ3) is 4.39. The quantitative estimate of drug-likeness (QED) is 0.577. The summed E-state index contributed by atoms with van der Waals surface area (Å²) < 4.78 is 7.51. The molecule has 34 heavy (non-hydrogen) atoms. The van der Waals surface area contributed by atoms with Crippen molar-refractivity contribution in [1.82, 2.24) is 19.4 Å². The van der Waals surface area contributed by atoms with Gasteiger partial charge in [-0.3, -0.25) is 9.59 Å². The molecular weight excluding hydrogens is 428 g/mol. The fraction of sp³-hybridized carbons (Fsp3) is 0.444. The number of hydrogen-bond acceptors (Lipinski definition) is 4. The van der Waals surface area contributed by atoms with Gasteiger partial charge in [0.25, 0.3) is 5.91 Å². The number of aryl methyl sites for hydroxylation is 1. The number of hydrogen-bond donors (Lipinski definition) is 0. The monoisotopic (exact) mass is 460 g/mol. The molecule has 3 aromatic rings. The van der Waals surface area contributed by atoms with Crippen LogP contribution in [0.25, 0.3) is 11.0 Å². The number of fused-ring (bicyclic) bond motifs is 1. The molecule has 2 fully saturated rings. The molecule has 1 aliphatic heterocycles. The molecule has 2 amide bonds. The summed E-state index contributed by atoms with van der Waals surface area (Å²) in [5, 5.41) is 0. The molecule has 1 saturated heterocycles. The Hall–Kier alpha value is -3.35. The molecule has 0 spiro atoms. The Morgan fingerprint density at radius 2 is 1.65 bits per heavy atom. The van der Waals surface area contributed by atoms with Crippen molar-refractivity contribution in [1.29, 1.82) is 0 Å². The third-order valence-electron chi connectivity index (χ3n) is 7.24. The van der Waals surface area contributed by atoms with Crippen LogP contribution in [0.3, 0.4) is 0 Å². The Kier molecular flexibility index (Phi) is 6.26. The first-order chi connectivity index (χ1) is 16.5. The number of ether oxygens (including phenoxy) is 1. The Labute approximate surface area is 200 Å². The molecule has 0 unspecified atom stereocenters. The lowest BCUT2D eigenvalue weighted by Gasteiger charge is -2.35. The Morgan fingerprint density at radius 3 is 2.32 bits per heavy atom. The van der Waals surface area contributed by atoms with E-state index in [1.807, 2.05) is 52.3 Å². The summed E-state index contributed by atoms with van der Waals surface area (Å²) in [6, 6.07) is 13.9. The highest BCUT2D eigenvalue weighted by molar-refractivity contribution is 5.97. The summed E-state index contributed by atoms with van der Waals surface area (Å²) >= 11 is 0. The van der Waals surface area contributed by atoms with E-state index in [0.717, 1.165) is 28.2 Å². The summed E-state index contributed by atoms with van der Waals surface area (Å²) in [4.78, 5) is 34.5. The van der Waals surface area contributed by atoms with Gasteiger partial charge in [-0.2, -0.15) is 0 Å². The first kappa shape index (κ1) is 22.4. The van der Waals surface area contributed by atoms with Crippen molar-refractivity contribution >= 4 is 22.8 Å². The molecule has 2 aromatic carbocycles. The van der Waals surface area contributed by atoms with E-state index in [4.69, 9.17) is 9.72 Å². The number of rotatable bonds is 5. The van der Waals surface area contributed by atoms with Crippen molar-refractivity contribution in [2.75, 3.05) is 33.3 Å². The molecule has 0 bridgehead atoms. The first-order valence-corrected chi connectivity index (χ1v) is 12.2. The first-order valence-electron chi connectivity index (χ1n) is 12.2. The molecule has 1 aliphatic carbocycles. The summed E-state index contributed by atoms with van der Waals surface area (Å²) in [6.45, 7) is 4.27. The summed E-state index contributed by atoms with van der Waals surface area (Å²) in [7, 11) is 1.63. The van der Waals surface area contributed by atoms with Gasteiger partial charge < -0.3 is 19.1 Å². The zero-order valence-corrected chi connectivity index (χ0v) is 20.0. The molecular formula is C27H32N4O3. The van der Waals surface area contributed by atoms with Gasteiger partial charge in [-0.05, 0) is 55.7 Å². The molecule has 178 valence electrons. The number of piperazine rings is 1. The maximum Gasteiger partial charge on any atom is 0.254 e. The number of benzene rings is 2. The SMILES string of the molecule is COc1ccc(CC(=O)N2CCN(C(=O)c3ccc4nc(C)n(C5CCCC5)c4c3)CC2)cc1. The lowest BCUT2D eigenvalue weighted by molar-refractivity contribution is -0.131. The minimum atomic E-state index is 0.0287. The molecule has 2 aliphatic rings. The van der Waals surface area contributed by atoms with E-state index in [-0.39, 0.29) is 11.8 Å². The zero-order chi connectivity index (χ0) is 23.7. The summed E-state index contributed by atoms with van der Waals surface area (Å²) in [5.41, 5.74) is 3.68. The fourth-order valence-corrected chi connectivity index (χ4v) is 5.34. The van der Waals surface area contributed by atoms with E-state index in [2.05, 4.69) is 11.5 Å². The molecule has 2 heterocycles. The Morgan fingerprint density at radius 1 is 0.971 bits per heavy atom. The topological polar surface area (TPSA) is 67.7 Å². The maximum absolute atomic E-state index is 13.3. The van der Waals surface area contributed by atoms with Crippen molar-refractivity contribution < 1.29 is 14.3 Å². The number of carbonyl (C=O) groups is 2. The van der Waals surface area contributed by atoms with Crippen LogP contribution in [0.5, 0.6) is 5.75 Å². The minimum Gasteiger partial charge on any atom is -0.497 e. The van der Waals surface area contributed by atoms with Gasteiger partial charge in [0.05, 0.1) is 24.6 Å². The number of carbonyl (C=O) groups excluding carboxylic acids is 2. The van der Waals surface area contributed by atoms with E-state index in [1.165, 1.54) is 25.7 Å². The molecule has 7 nitrogen and oxygen atoms in total. The number of amides is 2. The maximum atomic E-state index is 13.3. The van der Waals surface area contributed by atoms with Gasteiger partial charge in [0, 0.05) is 37.8 Å². The van der Waals surface area contributed by atoms with E-state index in [9.17, 15) is 9.59 Å². The summed E-state index contributed by atoms with van der Waals surface area (Å²) in [5.74, 6) is 1.93. The van der Waals surface area contributed by atoms with Crippen LogP contribution in [-0.4, -0.2) is 64.5 Å². The van der Waals surface area contributed by atoms with Crippen LogP contribution in [0.15, 0.2) is 42.5 Å². The molecule has 0 atom stereocenters. The van der Waals surface area contributed by atoms with Crippen LogP contribution in [0.4, 0.5) is 0 Å². The van der Waals surface area contributed by atoms with Crippen molar-refractivity contribution in [2.45, 2.75) is 45.1 Å². The highest BCUT2D eigenvalue weighted by Crippen LogP contribution is 2.34. The predicted molar refractivity (Wildman–Crippen MR) is 131 cm³/mol. The van der Waals surface area contributed by atoms with Gasteiger partial charge in [0.1, 0.15) is 11.6 Å². The zero-order valence-electron chi connectivity index (χ0n) is 20.0. The standard InChI is InChI=1S/C27H32N4O3/c1-19-28-24-12-9-21(18-25(24)31(19)22-5-3-4-6-22)27(33)30-15-13-29(14-16-30)26(32)17-20-7-10-23(34-2)11-8-20/h7-12,18,22H,3-6,13-17H2,1-2H3. The molecule has 1 saturated carbocycles. The predicted octanol–water partition coefficient (Wildman–Crippen LogP) is 4.00. The van der Waals surface area contributed by atoms with Crippen LogP contribution in [0.2, 0.25) is 0 Å². The number of methoxy groups -OCH3 is 1. The lowest BCUT2D eigenvalue weighted by atomic mass is 10.1. The van der Waals surface area contributed by atoms with E-state index < -0.39 is 0 Å². The largest absolute Gasteiger partial charge is 0.497 e. The second-order valence-corrected chi connectivity index (χ2v) is 9.37. The van der Waals surface area contributed by atoms with Crippen LogP contribution in [0, 0.1) is 6.92 Å². The van der Waals surface area contributed by atoms with Gasteiger partial charge in [-0.25, -0.2) is 4.98 Å². The van der Waals surface area contributed by atoms with Gasteiger partial charge in [0.15, 0.2) is 0 Å². The second kappa shape index (κ2) is 9.49. The van der Waals surface area contributed by atoms with Crippen LogP contribution < -0.4 is 4.74 Å². The van der Waals surface area contributed by atoms with Gasteiger partial charge in [-0.1, -0.05) is 25.0 Å². The van der Waals surface area contributed by atoms with Gasteiger partial charge in [0.2, 0.25) is 5.91 Å². The van der Waals surface area contributed by atoms with Gasteiger partial charge >= 0.3 is 0 Å². The van der Waals surface area contributed by atoms with Crippen LogP contribution >= 0.6 is 0 Å². The average Bonchev–Trinajstić information content (AvgIpc) is 3.50. The molecule has 0 N–H and O–H groups in total. The number of aromatic nitrogens is 2. The molecule has 1 aromatic heterocycles. The number of imidazole rings is 1. The van der Waals surface area contributed by atoms with Crippen LogP contribution in [0.1, 0.15) is 53.5 Å². The minimum absolute atomic E-state index is 0.0287. The normalized spacial score (nSPS) is 16.9. The number of nitrogens with zero attached hydrogens (tertiary/aromatic N) is 4. The average molecular weight is 461 g/mol. The Bertz CT molecular complexity index is 1190. The van der Waals surface area contributed by atoms with E-state index in [1.54, 1.807) is 7.11 Å². The smallest absolute Gasteiger partial charge is 0.254 e. The van der Waals surface area contributed by atoms with Crippen molar-refractivity contribution in [3.63, 3.8) is 0 Å². The summed E-state index contributed by atoms with van der Waals surface area (Å²) in [6.07, 6.45) is 5.22. The molecule has 0 radical (unpaired) electrons. The van der Waals surface area contributed by atoms with Crippen molar-refractivity contribution in [2.24, 2.45) is 0 Å². The lowest BCUT2D eigenvalue weighted by Crippen LogP contribution is -2.51. The molecule has 7 heteroatoms. The molecule has 5 rings (SSSR count). The Balaban J connectivity index is 1.23. The second-order valence-electron chi connectivity index (χ2n) is 9.37.